The zero-order valence-electron chi connectivity index (χ0n) is 22.3. The van der Waals surface area contributed by atoms with Crippen LogP contribution in [-0.2, 0) is 38.0 Å². The summed E-state index contributed by atoms with van der Waals surface area (Å²) in [7, 11) is 0. The normalized spacial score (nSPS) is 50.0. The fourth-order valence-electron chi connectivity index (χ4n) is 7.26. The lowest BCUT2D eigenvalue weighted by molar-refractivity contribution is -0.235. The van der Waals surface area contributed by atoms with E-state index < -0.39 is 46.7 Å². The van der Waals surface area contributed by atoms with Gasteiger partial charge < -0.3 is 33.5 Å². The van der Waals surface area contributed by atoms with Gasteiger partial charge in [0, 0.05) is 18.6 Å². The Kier molecular flexibility index (Phi) is 6.23. The first-order valence-electron chi connectivity index (χ1n) is 13.4. The predicted octanol–water partition coefficient (Wildman–Crippen LogP) is 2.33. The van der Waals surface area contributed by atoms with Crippen LogP contribution in [0, 0.1) is 10.8 Å². The van der Waals surface area contributed by atoms with Gasteiger partial charge in [-0.3, -0.25) is 0 Å². The molecule has 38 heavy (non-hydrogen) atoms. The van der Waals surface area contributed by atoms with Crippen LogP contribution in [0.15, 0.2) is 47.6 Å². The third-order valence-corrected chi connectivity index (χ3v) is 9.58. The predicted molar refractivity (Wildman–Crippen MR) is 134 cm³/mol. The van der Waals surface area contributed by atoms with E-state index in [9.17, 15) is 14.7 Å². The minimum absolute atomic E-state index is 0.0484. The summed E-state index contributed by atoms with van der Waals surface area (Å²) in [6.07, 6.45) is 8.09. The Morgan fingerprint density at radius 1 is 1.08 bits per heavy atom. The number of aliphatic hydroxyl groups is 1. The highest BCUT2D eigenvalue weighted by Gasteiger charge is 2.87. The van der Waals surface area contributed by atoms with Crippen LogP contribution in [0.5, 0.6) is 0 Å². The minimum atomic E-state index is -0.786. The molecule has 0 radical (unpaired) electrons. The molecule has 2 bridgehead atoms. The van der Waals surface area contributed by atoms with Crippen LogP contribution in [-0.4, -0.2) is 85.2 Å². The highest BCUT2D eigenvalue weighted by atomic mass is 16.7. The summed E-state index contributed by atoms with van der Waals surface area (Å²) in [4.78, 5) is 26.0. The van der Waals surface area contributed by atoms with Crippen molar-refractivity contribution in [2.24, 2.45) is 10.8 Å². The van der Waals surface area contributed by atoms with Crippen molar-refractivity contribution in [1.82, 2.24) is 0 Å². The molecule has 9 nitrogen and oxygen atoms in total. The Hall–Kier alpha value is -2.30. The Bertz CT molecular complexity index is 1130. The standard InChI is InChI=1S/C29H36O9/c1-16-9-10-33-19(18(3)30)7-5-6-8-23(31)37-20-13-22-29(15-35-29)27(20,4)28(14-34-24(32)11-16)21(36-22)12-17(2)25-26(28)38-25/h5-8,11-12,18-22,25-26,30H,9-10,13-15H2,1-4H3/b7-5+,8-6+,16-11+/t18-,19+,20-,21-,22+,25+,26+,27?,28-,29+/m0/s1. The van der Waals surface area contributed by atoms with Crippen molar-refractivity contribution in [2.45, 2.75) is 88.9 Å². The number of rotatable bonds is 1. The van der Waals surface area contributed by atoms with Gasteiger partial charge in [0.25, 0.3) is 0 Å². The summed E-state index contributed by atoms with van der Waals surface area (Å²) in [5.74, 6) is -0.948. The van der Waals surface area contributed by atoms with E-state index in [1.165, 1.54) is 12.2 Å². The van der Waals surface area contributed by atoms with Crippen LogP contribution in [0.1, 0.15) is 40.5 Å². The molecular formula is C29H36O9. The molecule has 0 aromatic carbocycles. The van der Waals surface area contributed by atoms with Crippen molar-refractivity contribution in [3.63, 3.8) is 0 Å². The molecule has 0 aromatic rings. The second kappa shape index (κ2) is 9.13. The van der Waals surface area contributed by atoms with Crippen LogP contribution in [0.25, 0.3) is 0 Å². The number of ether oxygens (including phenoxy) is 6. The van der Waals surface area contributed by atoms with Gasteiger partial charge in [0.15, 0.2) is 0 Å². The maximum absolute atomic E-state index is 13.0. The quantitative estimate of drug-likeness (QED) is 0.311. The summed E-state index contributed by atoms with van der Waals surface area (Å²) in [5, 5.41) is 10.1. The smallest absolute Gasteiger partial charge is 0.331 e. The Balaban J connectivity index is 1.38. The molecule has 6 rings (SSSR count). The number of esters is 2. The molecule has 9 heteroatoms. The summed E-state index contributed by atoms with van der Waals surface area (Å²) >= 11 is 0. The monoisotopic (exact) mass is 528 g/mol. The molecule has 10 atom stereocenters. The second-order valence-corrected chi connectivity index (χ2v) is 11.7. The lowest BCUT2D eigenvalue weighted by atomic mass is 9.51. The summed E-state index contributed by atoms with van der Waals surface area (Å²) in [5.41, 5.74) is -0.222. The Labute approximate surface area is 222 Å². The number of aliphatic hydroxyl groups excluding tert-OH is 1. The lowest BCUT2D eigenvalue weighted by Gasteiger charge is -2.57. The average Bonchev–Trinajstić information content (AvgIpc) is 3.76. The van der Waals surface area contributed by atoms with Gasteiger partial charge in [-0.05, 0) is 32.8 Å². The van der Waals surface area contributed by atoms with Crippen molar-refractivity contribution in [3.8, 4) is 0 Å². The van der Waals surface area contributed by atoms with Crippen LogP contribution >= 0.6 is 0 Å². The maximum Gasteiger partial charge on any atom is 0.331 e. The molecule has 3 saturated heterocycles. The minimum Gasteiger partial charge on any atom is -0.462 e. The van der Waals surface area contributed by atoms with Gasteiger partial charge in [-0.2, -0.15) is 0 Å². The Morgan fingerprint density at radius 2 is 1.87 bits per heavy atom. The van der Waals surface area contributed by atoms with E-state index in [2.05, 4.69) is 13.0 Å². The fourth-order valence-corrected chi connectivity index (χ4v) is 7.26. The van der Waals surface area contributed by atoms with Gasteiger partial charge in [0.2, 0.25) is 0 Å². The molecule has 2 aliphatic carbocycles. The van der Waals surface area contributed by atoms with E-state index in [4.69, 9.17) is 28.4 Å². The van der Waals surface area contributed by atoms with E-state index in [1.54, 1.807) is 25.2 Å². The maximum atomic E-state index is 13.0. The van der Waals surface area contributed by atoms with Gasteiger partial charge in [0.1, 0.15) is 36.6 Å². The van der Waals surface area contributed by atoms with Gasteiger partial charge in [-0.1, -0.05) is 36.8 Å². The molecule has 1 unspecified atom stereocenters. The molecule has 0 amide bonds. The SMILES string of the molecule is CC1=C[C@@H]2O[C@@H]3C[C@@H]4OC(=O)/C=C/C=C/[C@H]([C@H](C)O)OCC/C(C)=C/C(=O)OC[C@]2([C@@H]2O[C@H]12)C4(C)[C@@]31CO1. The third kappa shape index (κ3) is 3.78. The van der Waals surface area contributed by atoms with Gasteiger partial charge in [-0.15, -0.1) is 0 Å². The summed E-state index contributed by atoms with van der Waals surface area (Å²) in [6.45, 7) is 8.45. The summed E-state index contributed by atoms with van der Waals surface area (Å²) < 4.78 is 36.8. The third-order valence-electron chi connectivity index (χ3n) is 9.58. The summed E-state index contributed by atoms with van der Waals surface area (Å²) in [6, 6.07) is 0. The van der Waals surface area contributed by atoms with Crippen molar-refractivity contribution >= 4 is 11.9 Å². The zero-order chi connectivity index (χ0) is 26.9. The first kappa shape index (κ1) is 26.0. The highest BCUT2D eigenvalue weighted by Crippen LogP contribution is 2.74. The number of hydrogen-bond donors (Lipinski definition) is 1. The first-order valence-corrected chi connectivity index (χ1v) is 13.4. The zero-order valence-corrected chi connectivity index (χ0v) is 22.3. The molecule has 4 aliphatic heterocycles. The number of carbonyl (C=O) groups excluding carboxylic acids is 2. The van der Waals surface area contributed by atoms with Crippen molar-refractivity contribution in [1.29, 1.82) is 0 Å². The largest absolute Gasteiger partial charge is 0.462 e. The van der Waals surface area contributed by atoms with Crippen LogP contribution in [0.4, 0.5) is 0 Å². The Morgan fingerprint density at radius 3 is 2.61 bits per heavy atom. The van der Waals surface area contributed by atoms with E-state index in [1.807, 2.05) is 13.8 Å². The van der Waals surface area contributed by atoms with Crippen molar-refractivity contribution in [3.05, 3.63) is 47.6 Å². The molecule has 1 N–H and O–H groups in total. The van der Waals surface area contributed by atoms with Crippen LogP contribution in [0.3, 0.4) is 0 Å². The number of cyclic esters (lactones) is 1. The molecule has 6 aliphatic rings. The number of hydrogen-bond acceptors (Lipinski definition) is 9. The van der Waals surface area contributed by atoms with Crippen LogP contribution in [0.2, 0.25) is 0 Å². The topological polar surface area (TPSA) is 116 Å². The van der Waals surface area contributed by atoms with Gasteiger partial charge in [0.05, 0.1) is 42.4 Å². The second-order valence-electron chi connectivity index (χ2n) is 11.7. The number of carbonyl (C=O) groups is 2. The number of epoxide rings is 2. The molecule has 1 saturated carbocycles. The first-order chi connectivity index (χ1) is 18.1. The molecule has 206 valence electrons. The van der Waals surface area contributed by atoms with Crippen molar-refractivity contribution in [2.75, 3.05) is 19.8 Å². The number of allylic oxidation sites excluding steroid dienone is 2. The molecular weight excluding hydrogens is 492 g/mol. The van der Waals surface area contributed by atoms with E-state index >= 15 is 0 Å². The average molecular weight is 529 g/mol. The van der Waals surface area contributed by atoms with Gasteiger partial charge in [-0.25, -0.2) is 9.59 Å². The fraction of sp³-hybridized carbons (Fsp3) is 0.655. The number of fused-ring (bicyclic) bond motifs is 1. The molecule has 0 aromatic heterocycles. The van der Waals surface area contributed by atoms with Gasteiger partial charge >= 0.3 is 11.9 Å². The molecule has 4 heterocycles. The molecule has 2 spiro atoms. The van der Waals surface area contributed by atoms with Crippen molar-refractivity contribution < 1.29 is 43.1 Å². The molecule has 4 fully saturated rings. The van der Waals surface area contributed by atoms with E-state index in [0.29, 0.717) is 26.1 Å². The van der Waals surface area contributed by atoms with E-state index in [-0.39, 0.29) is 31.0 Å². The van der Waals surface area contributed by atoms with E-state index in [0.717, 1.165) is 11.1 Å². The highest BCUT2D eigenvalue weighted by molar-refractivity contribution is 5.83. The lowest BCUT2D eigenvalue weighted by Crippen LogP contribution is -2.69. The van der Waals surface area contributed by atoms with Crippen LogP contribution < -0.4 is 0 Å².